The molecule has 0 radical (unpaired) electrons. The number of hydrogen-bond acceptors (Lipinski definition) is 3. The second kappa shape index (κ2) is 7.78. The van der Waals surface area contributed by atoms with Crippen LogP contribution in [0, 0.1) is 6.92 Å². The van der Waals surface area contributed by atoms with E-state index in [4.69, 9.17) is 11.6 Å². The molecule has 2 aromatic carbocycles. The van der Waals surface area contributed by atoms with Gasteiger partial charge in [0.05, 0.1) is 4.88 Å². The Morgan fingerprint density at radius 2 is 1.86 bits per heavy atom. The number of thiophene rings is 1. The summed E-state index contributed by atoms with van der Waals surface area (Å²) in [7, 11) is 0. The number of anilines is 1. The largest absolute Gasteiger partial charge is 0.349 e. The molecule has 2 N–H and O–H groups in total. The normalized spacial score (nSPS) is 13.2. The van der Waals surface area contributed by atoms with Gasteiger partial charge in [0.1, 0.15) is 0 Å². The van der Waals surface area contributed by atoms with Gasteiger partial charge in [0, 0.05) is 27.2 Å². The summed E-state index contributed by atoms with van der Waals surface area (Å²) in [5.41, 5.74) is 3.08. The van der Waals surface area contributed by atoms with Crippen LogP contribution in [0.2, 0.25) is 5.02 Å². The minimum atomic E-state index is -0.193. The molecule has 1 fully saturated rings. The molecule has 0 atom stereocenters. The SMILES string of the molecule is Cc1ccc(C(=O)NC2CC2)cc1NC(=O)c1ccc(-c2cccc(Cl)c2)s1. The Hall–Kier alpha value is -2.63. The van der Waals surface area contributed by atoms with Crippen molar-refractivity contribution in [2.24, 2.45) is 0 Å². The third-order valence-corrected chi connectivity index (χ3v) is 5.97. The van der Waals surface area contributed by atoms with Crippen molar-refractivity contribution in [3.63, 3.8) is 0 Å². The number of rotatable bonds is 5. The highest BCUT2D eigenvalue weighted by Crippen LogP contribution is 2.30. The lowest BCUT2D eigenvalue weighted by molar-refractivity contribution is 0.0949. The van der Waals surface area contributed by atoms with Crippen molar-refractivity contribution in [1.29, 1.82) is 0 Å². The van der Waals surface area contributed by atoms with Crippen LogP contribution in [0.15, 0.2) is 54.6 Å². The number of aryl methyl sites for hydroxylation is 1. The van der Waals surface area contributed by atoms with Gasteiger partial charge in [-0.3, -0.25) is 9.59 Å². The second-order valence-electron chi connectivity index (χ2n) is 6.91. The van der Waals surface area contributed by atoms with E-state index in [1.807, 2.05) is 43.3 Å². The van der Waals surface area contributed by atoms with Crippen LogP contribution >= 0.6 is 22.9 Å². The highest BCUT2D eigenvalue weighted by molar-refractivity contribution is 7.17. The van der Waals surface area contributed by atoms with Gasteiger partial charge in [0.2, 0.25) is 0 Å². The van der Waals surface area contributed by atoms with Gasteiger partial charge in [0.15, 0.2) is 0 Å². The van der Waals surface area contributed by atoms with Crippen molar-refractivity contribution >= 4 is 40.4 Å². The molecule has 0 spiro atoms. The van der Waals surface area contributed by atoms with Crippen LogP contribution in [0.5, 0.6) is 0 Å². The fourth-order valence-corrected chi connectivity index (χ4v) is 3.92. The first kappa shape index (κ1) is 18.7. The van der Waals surface area contributed by atoms with Crippen LogP contribution in [-0.4, -0.2) is 17.9 Å². The summed E-state index contributed by atoms with van der Waals surface area (Å²) >= 11 is 7.46. The highest BCUT2D eigenvalue weighted by atomic mass is 35.5. The smallest absolute Gasteiger partial charge is 0.265 e. The van der Waals surface area contributed by atoms with Gasteiger partial charge in [-0.25, -0.2) is 0 Å². The predicted octanol–water partition coefficient (Wildman–Crippen LogP) is 5.52. The molecule has 1 aliphatic carbocycles. The first-order valence-electron chi connectivity index (χ1n) is 9.08. The minimum Gasteiger partial charge on any atom is -0.349 e. The standard InChI is InChI=1S/C22H19ClN2O2S/c1-13-5-6-15(21(26)24-17-7-8-17)12-18(13)25-22(27)20-10-9-19(28-20)14-3-2-4-16(23)11-14/h2-6,9-12,17H,7-8H2,1H3,(H,24,26)(H,25,27). The Kier molecular flexibility index (Phi) is 5.20. The zero-order valence-corrected chi connectivity index (χ0v) is 16.9. The summed E-state index contributed by atoms with van der Waals surface area (Å²) in [6.07, 6.45) is 2.07. The van der Waals surface area contributed by atoms with Gasteiger partial charge in [0.25, 0.3) is 11.8 Å². The van der Waals surface area contributed by atoms with E-state index in [1.54, 1.807) is 18.2 Å². The molecule has 4 nitrogen and oxygen atoms in total. The molecular formula is C22H19ClN2O2S. The van der Waals surface area contributed by atoms with E-state index in [9.17, 15) is 9.59 Å². The summed E-state index contributed by atoms with van der Waals surface area (Å²) in [6.45, 7) is 1.91. The maximum absolute atomic E-state index is 12.7. The molecule has 28 heavy (non-hydrogen) atoms. The number of carbonyl (C=O) groups excluding carboxylic acids is 2. The predicted molar refractivity (Wildman–Crippen MR) is 114 cm³/mol. The monoisotopic (exact) mass is 410 g/mol. The van der Waals surface area contributed by atoms with Gasteiger partial charge in [-0.15, -0.1) is 11.3 Å². The van der Waals surface area contributed by atoms with Crippen LogP contribution in [0.4, 0.5) is 5.69 Å². The summed E-state index contributed by atoms with van der Waals surface area (Å²) in [5, 5.41) is 6.56. The molecule has 1 heterocycles. The fourth-order valence-electron chi connectivity index (χ4n) is 2.84. The van der Waals surface area contributed by atoms with Gasteiger partial charge in [-0.1, -0.05) is 29.8 Å². The molecular weight excluding hydrogens is 392 g/mol. The summed E-state index contributed by atoms with van der Waals surface area (Å²) < 4.78 is 0. The lowest BCUT2D eigenvalue weighted by Gasteiger charge is -2.10. The maximum atomic E-state index is 12.7. The minimum absolute atomic E-state index is 0.0997. The number of carbonyl (C=O) groups is 2. The Morgan fingerprint density at radius 3 is 2.61 bits per heavy atom. The third kappa shape index (κ3) is 4.26. The van der Waals surface area contributed by atoms with Crippen molar-refractivity contribution in [2.45, 2.75) is 25.8 Å². The molecule has 0 bridgehead atoms. The van der Waals surface area contributed by atoms with E-state index < -0.39 is 0 Å². The highest BCUT2D eigenvalue weighted by Gasteiger charge is 2.24. The van der Waals surface area contributed by atoms with E-state index in [1.165, 1.54) is 11.3 Å². The molecule has 4 rings (SSSR count). The van der Waals surface area contributed by atoms with Crippen molar-refractivity contribution in [3.8, 4) is 10.4 Å². The topological polar surface area (TPSA) is 58.2 Å². The first-order chi connectivity index (χ1) is 13.5. The Bertz CT molecular complexity index is 1060. The quantitative estimate of drug-likeness (QED) is 0.581. The van der Waals surface area contributed by atoms with E-state index in [-0.39, 0.29) is 11.8 Å². The number of hydrogen-bond donors (Lipinski definition) is 2. The molecule has 6 heteroatoms. The van der Waals surface area contributed by atoms with Gasteiger partial charge < -0.3 is 10.6 Å². The van der Waals surface area contributed by atoms with Crippen LogP contribution in [0.1, 0.15) is 38.4 Å². The molecule has 142 valence electrons. The van der Waals surface area contributed by atoms with Crippen molar-refractivity contribution in [2.75, 3.05) is 5.32 Å². The molecule has 3 aromatic rings. The third-order valence-electron chi connectivity index (χ3n) is 4.60. The van der Waals surface area contributed by atoms with Crippen molar-refractivity contribution in [1.82, 2.24) is 5.32 Å². The summed E-state index contributed by atoms with van der Waals surface area (Å²) in [5.74, 6) is -0.293. The molecule has 1 aromatic heterocycles. The molecule has 0 aliphatic heterocycles. The average molecular weight is 411 g/mol. The number of nitrogens with one attached hydrogen (secondary N) is 2. The summed E-state index contributed by atoms with van der Waals surface area (Å²) in [4.78, 5) is 26.6. The first-order valence-corrected chi connectivity index (χ1v) is 10.3. The molecule has 1 saturated carbocycles. The zero-order valence-electron chi connectivity index (χ0n) is 15.3. The van der Waals surface area contributed by atoms with Gasteiger partial charge in [-0.2, -0.15) is 0 Å². The molecule has 0 saturated heterocycles. The van der Waals surface area contributed by atoms with E-state index >= 15 is 0 Å². The molecule has 1 aliphatic rings. The van der Waals surface area contributed by atoms with Crippen molar-refractivity contribution < 1.29 is 9.59 Å². The number of halogens is 1. The van der Waals surface area contributed by atoms with Gasteiger partial charge in [-0.05, 0) is 67.3 Å². The number of amides is 2. The Labute approximate surface area is 172 Å². The molecule has 2 amide bonds. The average Bonchev–Trinajstić information content (AvgIpc) is 3.34. The zero-order chi connectivity index (χ0) is 19.7. The van der Waals surface area contributed by atoms with Crippen molar-refractivity contribution in [3.05, 3.63) is 75.6 Å². The molecule has 0 unspecified atom stereocenters. The maximum Gasteiger partial charge on any atom is 0.265 e. The Morgan fingerprint density at radius 1 is 1.04 bits per heavy atom. The number of benzene rings is 2. The van der Waals surface area contributed by atoms with Crippen LogP contribution in [-0.2, 0) is 0 Å². The van der Waals surface area contributed by atoms with E-state index in [0.29, 0.717) is 27.2 Å². The van der Waals surface area contributed by atoms with Crippen LogP contribution < -0.4 is 10.6 Å². The van der Waals surface area contributed by atoms with Gasteiger partial charge >= 0.3 is 0 Å². The Balaban J connectivity index is 1.51. The van der Waals surface area contributed by atoms with E-state index in [2.05, 4.69) is 10.6 Å². The fraction of sp³-hybridized carbons (Fsp3) is 0.182. The lowest BCUT2D eigenvalue weighted by Crippen LogP contribution is -2.25. The van der Waals surface area contributed by atoms with Crippen LogP contribution in [0.3, 0.4) is 0 Å². The van der Waals surface area contributed by atoms with Crippen LogP contribution in [0.25, 0.3) is 10.4 Å². The lowest BCUT2D eigenvalue weighted by atomic mass is 10.1. The summed E-state index contributed by atoms with van der Waals surface area (Å²) in [6, 6.07) is 16.9. The second-order valence-corrected chi connectivity index (χ2v) is 8.43. The van der Waals surface area contributed by atoms with E-state index in [0.717, 1.165) is 28.8 Å².